The van der Waals surface area contributed by atoms with E-state index in [-0.39, 0.29) is 10.8 Å². The molecule has 1 saturated heterocycles. The Kier molecular flexibility index (Phi) is 9.64. The number of benzene rings is 2. The molecule has 0 radical (unpaired) electrons. The van der Waals surface area contributed by atoms with Crippen LogP contribution < -0.4 is 10.5 Å². The first-order valence-corrected chi connectivity index (χ1v) is 12.3. The average Bonchev–Trinajstić information content (AvgIpc) is 3.44. The fourth-order valence-electron chi connectivity index (χ4n) is 3.64. The summed E-state index contributed by atoms with van der Waals surface area (Å²) in [5, 5.41) is 1.73. The Morgan fingerprint density at radius 2 is 1.82 bits per heavy atom. The minimum atomic E-state index is -2.83. The van der Waals surface area contributed by atoms with Crippen LogP contribution in [-0.2, 0) is 11.2 Å². The zero-order valence-electron chi connectivity index (χ0n) is 18.2. The van der Waals surface area contributed by atoms with E-state index in [9.17, 15) is 18.4 Å². The molecule has 34 heavy (non-hydrogen) atoms. The molecule has 182 valence electrons. The van der Waals surface area contributed by atoms with Crippen LogP contribution in [0.3, 0.4) is 0 Å². The van der Waals surface area contributed by atoms with Gasteiger partial charge in [0.15, 0.2) is 0 Å². The molecule has 1 aliphatic rings. The van der Waals surface area contributed by atoms with E-state index in [2.05, 4.69) is 9.64 Å². The Morgan fingerprint density at radius 3 is 2.47 bits per heavy atom. The molecular weight excluding hydrogens is 505 g/mol. The number of ether oxygens (including phenoxy) is 1. The SMILES string of the molecule is FC(F)Oc1ccc(CCCN2CCCC2)cc1Cl.NC(=O)C(=O)c1cc2ccc(Cl)cc2s1. The lowest BCUT2D eigenvalue weighted by Crippen LogP contribution is -2.21. The molecule has 1 fully saturated rings. The van der Waals surface area contributed by atoms with Crippen LogP contribution in [0.5, 0.6) is 5.75 Å². The first kappa shape index (κ1) is 26.3. The summed E-state index contributed by atoms with van der Waals surface area (Å²) in [5.74, 6) is -1.56. The van der Waals surface area contributed by atoms with E-state index in [0.717, 1.165) is 35.0 Å². The second-order valence-corrected chi connectivity index (χ2v) is 9.71. The number of hydrogen-bond acceptors (Lipinski definition) is 5. The van der Waals surface area contributed by atoms with Crippen LogP contribution in [0.2, 0.25) is 10.0 Å². The van der Waals surface area contributed by atoms with Crippen LogP contribution in [0.4, 0.5) is 8.78 Å². The van der Waals surface area contributed by atoms with Gasteiger partial charge in [0.2, 0.25) is 0 Å². The lowest BCUT2D eigenvalue weighted by Gasteiger charge is -2.14. The second kappa shape index (κ2) is 12.4. The van der Waals surface area contributed by atoms with E-state index in [1.807, 2.05) is 0 Å². The number of fused-ring (bicyclic) bond motifs is 1. The number of ketones is 1. The third-order valence-electron chi connectivity index (χ3n) is 5.28. The number of amides is 1. The largest absolute Gasteiger partial charge is 0.433 e. The molecule has 1 aliphatic heterocycles. The first-order valence-electron chi connectivity index (χ1n) is 10.7. The smallest absolute Gasteiger partial charge is 0.387 e. The fourth-order valence-corrected chi connectivity index (χ4v) is 5.17. The second-order valence-electron chi connectivity index (χ2n) is 7.78. The fraction of sp³-hybridized carbons (Fsp3) is 0.333. The van der Waals surface area contributed by atoms with E-state index in [1.54, 1.807) is 36.4 Å². The number of likely N-dealkylation sites (tertiary alicyclic amines) is 1. The molecule has 4 rings (SSSR count). The van der Waals surface area contributed by atoms with Crippen molar-refractivity contribution in [2.45, 2.75) is 32.3 Å². The van der Waals surface area contributed by atoms with E-state index >= 15 is 0 Å². The highest BCUT2D eigenvalue weighted by Gasteiger charge is 2.15. The monoisotopic (exact) mass is 528 g/mol. The molecule has 10 heteroatoms. The van der Waals surface area contributed by atoms with Crippen LogP contribution in [-0.4, -0.2) is 42.8 Å². The number of rotatable bonds is 8. The van der Waals surface area contributed by atoms with Crippen molar-refractivity contribution < 1.29 is 23.1 Å². The number of carbonyl (C=O) groups excluding carboxylic acids is 2. The van der Waals surface area contributed by atoms with Crippen LogP contribution in [0.1, 0.15) is 34.5 Å². The van der Waals surface area contributed by atoms with Gasteiger partial charge in [-0.1, -0.05) is 35.3 Å². The number of Topliss-reactive ketones (excluding diaryl/α,β-unsaturated/α-hetero) is 1. The van der Waals surface area contributed by atoms with Crippen molar-refractivity contribution in [1.82, 2.24) is 4.90 Å². The van der Waals surface area contributed by atoms with Gasteiger partial charge in [0.25, 0.3) is 11.7 Å². The molecule has 2 N–H and O–H groups in total. The molecule has 0 saturated carbocycles. The number of nitrogens with two attached hydrogens (primary N) is 1. The van der Waals surface area contributed by atoms with Gasteiger partial charge >= 0.3 is 6.61 Å². The summed E-state index contributed by atoms with van der Waals surface area (Å²) in [4.78, 5) is 24.8. The van der Waals surface area contributed by atoms with Crippen molar-refractivity contribution in [3.05, 3.63) is 63.0 Å². The zero-order valence-corrected chi connectivity index (χ0v) is 20.6. The number of alkyl halides is 2. The Labute approximate surface area is 210 Å². The number of carbonyl (C=O) groups is 2. The Morgan fingerprint density at radius 1 is 1.09 bits per heavy atom. The molecule has 0 bridgehead atoms. The third-order valence-corrected chi connectivity index (χ3v) is 6.91. The molecule has 5 nitrogen and oxygen atoms in total. The van der Waals surface area contributed by atoms with Crippen molar-refractivity contribution >= 4 is 56.3 Å². The van der Waals surface area contributed by atoms with Gasteiger partial charge in [-0.15, -0.1) is 11.3 Å². The maximum atomic E-state index is 12.1. The van der Waals surface area contributed by atoms with Crippen LogP contribution in [0, 0.1) is 0 Å². The maximum Gasteiger partial charge on any atom is 0.387 e. The maximum absolute atomic E-state index is 12.1. The number of nitrogens with zero attached hydrogens (tertiary/aromatic N) is 1. The van der Waals surface area contributed by atoms with Gasteiger partial charge in [-0.25, -0.2) is 0 Å². The summed E-state index contributed by atoms with van der Waals surface area (Å²) in [6.07, 6.45) is 4.56. The number of halogens is 4. The first-order chi connectivity index (χ1) is 16.2. The van der Waals surface area contributed by atoms with E-state index in [0.29, 0.717) is 9.90 Å². The topological polar surface area (TPSA) is 72.6 Å². The summed E-state index contributed by atoms with van der Waals surface area (Å²) in [6.45, 7) is 0.648. The number of hydrogen-bond donors (Lipinski definition) is 1. The van der Waals surface area contributed by atoms with Gasteiger partial charge in [-0.3, -0.25) is 9.59 Å². The van der Waals surface area contributed by atoms with E-state index in [4.69, 9.17) is 28.9 Å². The number of primary amides is 1. The summed E-state index contributed by atoms with van der Waals surface area (Å²) in [7, 11) is 0. The molecule has 0 aliphatic carbocycles. The van der Waals surface area contributed by atoms with Gasteiger partial charge in [0.05, 0.1) is 9.90 Å². The summed E-state index contributed by atoms with van der Waals surface area (Å²) in [5.41, 5.74) is 5.97. The third kappa shape index (κ3) is 7.63. The average molecular weight is 529 g/mol. The Balaban J connectivity index is 0.000000196. The quantitative estimate of drug-likeness (QED) is 0.279. The molecule has 0 atom stereocenters. The van der Waals surface area contributed by atoms with Crippen molar-refractivity contribution in [2.24, 2.45) is 5.73 Å². The summed E-state index contributed by atoms with van der Waals surface area (Å²) < 4.78 is 29.4. The Hall–Kier alpha value is -2.26. The summed E-state index contributed by atoms with van der Waals surface area (Å²) in [6, 6.07) is 11.9. The summed E-state index contributed by atoms with van der Waals surface area (Å²) >= 11 is 12.9. The van der Waals surface area contributed by atoms with E-state index in [1.165, 1.54) is 43.3 Å². The number of thiophene rings is 1. The highest BCUT2D eigenvalue weighted by atomic mass is 35.5. The lowest BCUT2D eigenvalue weighted by molar-refractivity contribution is -0.114. The van der Waals surface area contributed by atoms with Crippen LogP contribution >= 0.6 is 34.5 Å². The van der Waals surface area contributed by atoms with Gasteiger partial charge in [0.1, 0.15) is 5.75 Å². The molecule has 1 aromatic heterocycles. The molecule has 3 aromatic rings. The molecule has 2 aromatic carbocycles. The van der Waals surface area contributed by atoms with Crippen molar-refractivity contribution in [1.29, 1.82) is 0 Å². The predicted molar refractivity (Wildman–Crippen MR) is 132 cm³/mol. The molecule has 1 amide bonds. The normalized spacial score (nSPS) is 13.7. The van der Waals surface area contributed by atoms with Gasteiger partial charge in [-0.2, -0.15) is 8.78 Å². The Bertz CT molecular complexity index is 1150. The molecular formula is C24H24Cl2F2N2O3S. The highest BCUT2D eigenvalue weighted by molar-refractivity contribution is 7.21. The molecule has 0 spiro atoms. The van der Waals surface area contributed by atoms with Gasteiger partial charge < -0.3 is 15.4 Å². The highest BCUT2D eigenvalue weighted by Crippen LogP contribution is 2.29. The van der Waals surface area contributed by atoms with E-state index < -0.39 is 18.3 Å². The standard InChI is InChI=1S/C14H18ClF2NO.C10H6ClNO2S/c15-12-10-11(5-6-13(12)19-14(16)17)4-3-9-18-7-1-2-8-18;11-6-2-1-5-3-8(9(13)10(12)14)15-7(5)4-6/h5-6,10,14H,1-4,7-9H2;1-4H,(H2,12,14). The number of aryl methyl sites for hydroxylation is 1. The molecule has 0 unspecified atom stereocenters. The minimum Gasteiger partial charge on any atom is -0.433 e. The van der Waals surface area contributed by atoms with Crippen molar-refractivity contribution in [2.75, 3.05) is 19.6 Å². The van der Waals surface area contributed by atoms with Crippen LogP contribution in [0.25, 0.3) is 10.1 Å². The van der Waals surface area contributed by atoms with Gasteiger partial charge in [-0.05, 0) is 86.6 Å². The molecule has 2 heterocycles. The lowest BCUT2D eigenvalue weighted by atomic mass is 10.1. The van der Waals surface area contributed by atoms with Crippen molar-refractivity contribution in [3.8, 4) is 5.75 Å². The van der Waals surface area contributed by atoms with Gasteiger partial charge in [0, 0.05) is 9.72 Å². The van der Waals surface area contributed by atoms with Crippen molar-refractivity contribution in [3.63, 3.8) is 0 Å². The van der Waals surface area contributed by atoms with Crippen LogP contribution in [0.15, 0.2) is 42.5 Å². The zero-order chi connectivity index (χ0) is 24.7. The minimum absolute atomic E-state index is 0.0416. The predicted octanol–water partition coefficient (Wildman–Crippen LogP) is 6.19.